The van der Waals surface area contributed by atoms with Crippen molar-refractivity contribution in [1.82, 2.24) is 15.1 Å². The molecule has 1 atom stereocenters. The summed E-state index contributed by atoms with van der Waals surface area (Å²) in [4.78, 5) is 1.99. The van der Waals surface area contributed by atoms with Crippen LogP contribution in [0, 0.1) is 17.5 Å². The predicted octanol–water partition coefficient (Wildman–Crippen LogP) is 4.53. The monoisotopic (exact) mass is 369 g/mol. The third-order valence-electron chi connectivity index (χ3n) is 5.09. The molecule has 1 aromatic heterocycles. The van der Waals surface area contributed by atoms with Crippen LogP contribution >= 0.6 is 0 Å². The molecule has 1 aliphatic heterocycles. The quantitative estimate of drug-likeness (QED) is 0.665. The summed E-state index contributed by atoms with van der Waals surface area (Å²) in [5.41, 5.74) is 2.24. The SMILES string of the molecule is CN1CCC(c2cccc(F)c2F)c2ccc(-c3cccnn3)c(F)c2C1. The molecule has 1 unspecified atom stereocenters. The van der Waals surface area contributed by atoms with Crippen molar-refractivity contribution in [1.29, 1.82) is 0 Å². The van der Waals surface area contributed by atoms with Gasteiger partial charge in [0.2, 0.25) is 0 Å². The summed E-state index contributed by atoms with van der Waals surface area (Å²) in [6.45, 7) is 1.04. The molecule has 1 aliphatic rings. The van der Waals surface area contributed by atoms with Crippen LogP contribution in [0.2, 0.25) is 0 Å². The van der Waals surface area contributed by atoms with Gasteiger partial charge in [0.25, 0.3) is 0 Å². The molecule has 3 aromatic rings. The molecular formula is C21H18F3N3. The number of benzene rings is 2. The zero-order valence-corrected chi connectivity index (χ0v) is 14.8. The van der Waals surface area contributed by atoms with Gasteiger partial charge in [-0.05, 0) is 55.4 Å². The Labute approximate surface area is 155 Å². The van der Waals surface area contributed by atoms with Gasteiger partial charge in [-0.25, -0.2) is 13.2 Å². The van der Waals surface area contributed by atoms with Crippen LogP contribution in [0.3, 0.4) is 0 Å². The molecule has 0 saturated carbocycles. The Morgan fingerprint density at radius 3 is 2.59 bits per heavy atom. The first-order chi connectivity index (χ1) is 13.1. The Morgan fingerprint density at radius 2 is 1.81 bits per heavy atom. The average molecular weight is 369 g/mol. The second kappa shape index (κ2) is 7.12. The van der Waals surface area contributed by atoms with Crippen LogP contribution in [0.15, 0.2) is 48.7 Å². The van der Waals surface area contributed by atoms with E-state index in [4.69, 9.17) is 0 Å². The van der Waals surface area contributed by atoms with E-state index in [0.29, 0.717) is 41.9 Å². The van der Waals surface area contributed by atoms with Crippen LogP contribution in [-0.2, 0) is 6.54 Å². The maximum absolute atomic E-state index is 15.4. The van der Waals surface area contributed by atoms with E-state index in [1.807, 2.05) is 11.9 Å². The highest BCUT2D eigenvalue weighted by Gasteiger charge is 2.28. The summed E-state index contributed by atoms with van der Waals surface area (Å²) in [7, 11) is 1.89. The van der Waals surface area contributed by atoms with E-state index in [9.17, 15) is 8.78 Å². The molecule has 2 heterocycles. The Bertz CT molecular complexity index is 976. The predicted molar refractivity (Wildman–Crippen MR) is 96.6 cm³/mol. The molecule has 0 spiro atoms. The summed E-state index contributed by atoms with van der Waals surface area (Å²) in [6, 6.07) is 11.0. The Hall–Kier alpha value is -2.73. The molecule has 138 valence electrons. The Balaban J connectivity index is 1.88. The number of rotatable bonds is 2. The first-order valence-electron chi connectivity index (χ1n) is 8.78. The van der Waals surface area contributed by atoms with E-state index < -0.39 is 17.6 Å². The molecule has 6 heteroatoms. The molecule has 0 saturated heterocycles. The van der Waals surface area contributed by atoms with Crippen molar-refractivity contribution in [2.24, 2.45) is 0 Å². The largest absolute Gasteiger partial charge is 0.302 e. The average Bonchev–Trinajstić information content (AvgIpc) is 2.84. The van der Waals surface area contributed by atoms with Gasteiger partial charge in [-0.15, -0.1) is 0 Å². The van der Waals surface area contributed by atoms with Gasteiger partial charge in [0, 0.05) is 29.8 Å². The highest BCUT2D eigenvalue weighted by atomic mass is 19.2. The zero-order valence-electron chi connectivity index (χ0n) is 14.8. The van der Waals surface area contributed by atoms with Crippen molar-refractivity contribution in [3.8, 4) is 11.3 Å². The van der Waals surface area contributed by atoms with Gasteiger partial charge in [-0.3, -0.25) is 0 Å². The first-order valence-corrected chi connectivity index (χ1v) is 8.78. The maximum atomic E-state index is 15.4. The topological polar surface area (TPSA) is 29.0 Å². The van der Waals surface area contributed by atoms with Crippen LogP contribution < -0.4 is 0 Å². The normalized spacial score (nSPS) is 17.4. The van der Waals surface area contributed by atoms with E-state index in [1.165, 1.54) is 12.3 Å². The molecule has 0 fully saturated rings. The van der Waals surface area contributed by atoms with E-state index >= 15 is 4.39 Å². The molecule has 0 amide bonds. The number of aromatic nitrogens is 2. The van der Waals surface area contributed by atoms with Gasteiger partial charge in [-0.1, -0.05) is 18.2 Å². The number of fused-ring (bicyclic) bond motifs is 1. The fraction of sp³-hybridized carbons (Fsp3) is 0.238. The number of hydrogen-bond acceptors (Lipinski definition) is 3. The second-order valence-electron chi connectivity index (χ2n) is 6.83. The molecule has 3 nitrogen and oxygen atoms in total. The van der Waals surface area contributed by atoms with E-state index in [1.54, 1.807) is 30.3 Å². The summed E-state index contributed by atoms with van der Waals surface area (Å²) < 4.78 is 43.6. The lowest BCUT2D eigenvalue weighted by Gasteiger charge is -2.20. The Kier molecular flexibility index (Phi) is 4.66. The summed E-state index contributed by atoms with van der Waals surface area (Å²) in [6.07, 6.45) is 2.11. The highest BCUT2D eigenvalue weighted by molar-refractivity contribution is 5.62. The van der Waals surface area contributed by atoms with Crippen molar-refractivity contribution in [3.05, 3.63) is 82.8 Å². The summed E-state index contributed by atoms with van der Waals surface area (Å²) in [5, 5.41) is 7.80. The van der Waals surface area contributed by atoms with Gasteiger partial charge in [-0.2, -0.15) is 10.2 Å². The standard InChI is InChI=1S/C21H18F3N3/c1-27-11-9-14(15-4-2-5-18(22)21(15)24)13-7-8-16(20(23)17(13)12-27)19-6-3-10-25-26-19/h2-8,10,14H,9,11-12H2,1H3. The van der Waals surface area contributed by atoms with Crippen molar-refractivity contribution in [2.45, 2.75) is 18.9 Å². The highest BCUT2D eigenvalue weighted by Crippen LogP contribution is 2.38. The lowest BCUT2D eigenvalue weighted by atomic mass is 9.85. The maximum Gasteiger partial charge on any atom is 0.162 e. The molecule has 0 radical (unpaired) electrons. The molecule has 4 rings (SSSR count). The van der Waals surface area contributed by atoms with Crippen molar-refractivity contribution in [2.75, 3.05) is 13.6 Å². The molecular weight excluding hydrogens is 351 g/mol. The molecule has 2 aromatic carbocycles. The van der Waals surface area contributed by atoms with Gasteiger partial charge < -0.3 is 4.90 Å². The summed E-state index contributed by atoms with van der Waals surface area (Å²) >= 11 is 0. The van der Waals surface area contributed by atoms with Crippen LogP contribution in [0.5, 0.6) is 0 Å². The number of hydrogen-bond donors (Lipinski definition) is 0. The zero-order chi connectivity index (χ0) is 19.0. The third-order valence-corrected chi connectivity index (χ3v) is 5.09. The van der Waals surface area contributed by atoms with Crippen molar-refractivity contribution in [3.63, 3.8) is 0 Å². The summed E-state index contributed by atoms with van der Waals surface area (Å²) in [5.74, 6) is -2.55. The fourth-order valence-electron chi connectivity index (χ4n) is 3.73. The van der Waals surface area contributed by atoms with Gasteiger partial charge in [0.05, 0.1) is 5.69 Å². The van der Waals surface area contributed by atoms with E-state index in [-0.39, 0.29) is 11.4 Å². The second-order valence-corrected chi connectivity index (χ2v) is 6.83. The van der Waals surface area contributed by atoms with E-state index in [0.717, 1.165) is 6.07 Å². The number of nitrogens with zero attached hydrogens (tertiary/aromatic N) is 3. The molecule has 0 aliphatic carbocycles. The third kappa shape index (κ3) is 3.21. The lowest BCUT2D eigenvalue weighted by molar-refractivity contribution is 0.323. The van der Waals surface area contributed by atoms with Crippen LogP contribution in [0.1, 0.15) is 29.0 Å². The smallest absolute Gasteiger partial charge is 0.162 e. The minimum Gasteiger partial charge on any atom is -0.302 e. The number of halogens is 3. The lowest BCUT2D eigenvalue weighted by Crippen LogP contribution is -2.18. The van der Waals surface area contributed by atoms with Crippen molar-refractivity contribution >= 4 is 0 Å². The minimum absolute atomic E-state index is 0.262. The van der Waals surface area contributed by atoms with Crippen LogP contribution in [0.4, 0.5) is 13.2 Å². The van der Waals surface area contributed by atoms with Gasteiger partial charge in [0.1, 0.15) is 5.82 Å². The van der Waals surface area contributed by atoms with Gasteiger partial charge in [0.15, 0.2) is 11.6 Å². The fourth-order valence-corrected chi connectivity index (χ4v) is 3.73. The van der Waals surface area contributed by atoms with Crippen LogP contribution in [-0.4, -0.2) is 28.7 Å². The van der Waals surface area contributed by atoms with Gasteiger partial charge >= 0.3 is 0 Å². The molecule has 0 N–H and O–H groups in total. The first kappa shape index (κ1) is 17.7. The Morgan fingerprint density at radius 1 is 0.963 bits per heavy atom. The van der Waals surface area contributed by atoms with Crippen molar-refractivity contribution < 1.29 is 13.2 Å². The molecule has 0 bridgehead atoms. The minimum atomic E-state index is -0.886. The van der Waals surface area contributed by atoms with E-state index in [2.05, 4.69) is 10.2 Å². The van der Waals surface area contributed by atoms with Crippen LogP contribution in [0.25, 0.3) is 11.3 Å². The molecule has 27 heavy (non-hydrogen) atoms.